The van der Waals surface area contributed by atoms with Crippen LogP contribution in [-0.2, 0) is 12.8 Å². The van der Waals surface area contributed by atoms with Gasteiger partial charge in [-0.25, -0.2) is 4.39 Å². The highest BCUT2D eigenvalue weighted by Crippen LogP contribution is 2.20. The summed E-state index contributed by atoms with van der Waals surface area (Å²) >= 11 is 5.95. The zero-order valence-corrected chi connectivity index (χ0v) is 11.7. The van der Waals surface area contributed by atoms with Gasteiger partial charge in [0, 0.05) is 17.0 Å². The highest BCUT2D eigenvalue weighted by atomic mass is 35.5. The second-order valence-corrected chi connectivity index (χ2v) is 4.94. The molecule has 2 aromatic rings. The molecular weight excluding hydrogens is 277 g/mol. The van der Waals surface area contributed by atoms with Crippen molar-refractivity contribution in [2.24, 2.45) is 5.73 Å². The molecule has 0 aliphatic heterocycles. The summed E-state index contributed by atoms with van der Waals surface area (Å²) < 4.78 is 13.0. The average molecular weight is 292 g/mol. The van der Waals surface area contributed by atoms with Gasteiger partial charge in [0.2, 0.25) is 0 Å². The van der Waals surface area contributed by atoms with Gasteiger partial charge in [-0.05, 0) is 36.2 Å². The molecule has 0 unspecified atom stereocenters. The number of Topliss-reactive ketones (excluding diaryl/α,β-unsaturated/α-hetero) is 1. The van der Waals surface area contributed by atoms with Gasteiger partial charge in [-0.2, -0.15) is 0 Å². The van der Waals surface area contributed by atoms with E-state index in [9.17, 15) is 9.18 Å². The van der Waals surface area contributed by atoms with Crippen molar-refractivity contribution in [1.29, 1.82) is 0 Å². The van der Waals surface area contributed by atoms with E-state index < -0.39 is 5.82 Å². The van der Waals surface area contributed by atoms with Crippen LogP contribution in [0.3, 0.4) is 0 Å². The number of hydrogen-bond donors (Lipinski definition) is 1. The monoisotopic (exact) mass is 291 g/mol. The number of nitrogens with two attached hydrogens (primary N) is 1. The van der Waals surface area contributed by atoms with Crippen LogP contribution in [0.2, 0.25) is 5.02 Å². The van der Waals surface area contributed by atoms with Crippen LogP contribution in [0.25, 0.3) is 0 Å². The minimum absolute atomic E-state index is 0.0393. The molecule has 0 aliphatic rings. The summed E-state index contributed by atoms with van der Waals surface area (Å²) in [6.07, 6.45) is 0.805. The van der Waals surface area contributed by atoms with E-state index in [1.807, 2.05) is 18.2 Å². The molecule has 2 aromatic carbocycles. The van der Waals surface area contributed by atoms with Gasteiger partial charge in [0.25, 0.3) is 0 Å². The molecule has 0 atom stereocenters. The minimum Gasteiger partial charge on any atom is -0.330 e. The fraction of sp³-hybridized carbons (Fsp3) is 0.188. The fourth-order valence-electron chi connectivity index (χ4n) is 2.10. The molecule has 4 heteroatoms. The molecule has 104 valence electrons. The summed E-state index contributed by atoms with van der Waals surface area (Å²) in [5.41, 5.74) is 7.75. The van der Waals surface area contributed by atoms with E-state index in [-0.39, 0.29) is 17.2 Å². The molecule has 0 amide bonds. The zero-order valence-electron chi connectivity index (χ0n) is 10.9. The second-order valence-electron chi connectivity index (χ2n) is 4.53. The van der Waals surface area contributed by atoms with E-state index in [1.54, 1.807) is 12.1 Å². The smallest absolute Gasteiger partial charge is 0.167 e. The molecule has 2 N–H and O–H groups in total. The van der Waals surface area contributed by atoms with Crippen LogP contribution in [0.4, 0.5) is 4.39 Å². The number of hydrogen-bond acceptors (Lipinski definition) is 2. The van der Waals surface area contributed by atoms with Gasteiger partial charge < -0.3 is 5.73 Å². The highest BCUT2D eigenvalue weighted by Gasteiger charge is 2.13. The topological polar surface area (TPSA) is 43.1 Å². The summed E-state index contributed by atoms with van der Waals surface area (Å²) in [5, 5.41) is 0.273. The molecule has 0 spiro atoms. The summed E-state index contributed by atoms with van der Waals surface area (Å²) in [4.78, 5) is 12.4. The van der Waals surface area contributed by atoms with Crippen LogP contribution >= 0.6 is 11.6 Å². The highest BCUT2D eigenvalue weighted by molar-refractivity contribution is 6.31. The number of benzene rings is 2. The summed E-state index contributed by atoms with van der Waals surface area (Å²) in [6.45, 7) is 0.488. The lowest BCUT2D eigenvalue weighted by Gasteiger charge is -2.08. The molecule has 0 fully saturated rings. The number of rotatable bonds is 5. The van der Waals surface area contributed by atoms with Crippen LogP contribution in [0, 0.1) is 5.82 Å². The lowest BCUT2D eigenvalue weighted by molar-refractivity contribution is 0.0992. The third-order valence-corrected chi connectivity index (χ3v) is 3.45. The molecule has 2 rings (SSSR count). The average Bonchev–Trinajstić information content (AvgIpc) is 2.43. The number of carbonyl (C=O) groups excluding carboxylic acids is 1. The van der Waals surface area contributed by atoms with Crippen molar-refractivity contribution < 1.29 is 9.18 Å². The Labute approximate surface area is 122 Å². The molecule has 0 aromatic heterocycles. The molecule has 0 heterocycles. The summed E-state index contributed by atoms with van der Waals surface area (Å²) in [6, 6.07) is 11.4. The van der Waals surface area contributed by atoms with Gasteiger partial charge >= 0.3 is 0 Å². The Hall–Kier alpha value is -1.71. The van der Waals surface area contributed by atoms with Gasteiger partial charge in [0.05, 0.1) is 0 Å². The molecule has 0 aliphatic carbocycles. The molecular formula is C16H15ClFNO. The normalized spacial score (nSPS) is 10.6. The first-order chi connectivity index (χ1) is 9.61. The molecule has 0 bridgehead atoms. The Bertz CT molecular complexity index is 628. The van der Waals surface area contributed by atoms with Crippen LogP contribution in [0.15, 0.2) is 42.5 Å². The van der Waals surface area contributed by atoms with Gasteiger partial charge in [0.15, 0.2) is 5.78 Å². The van der Waals surface area contributed by atoms with Crippen molar-refractivity contribution in [3.63, 3.8) is 0 Å². The third-order valence-electron chi connectivity index (χ3n) is 3.10. The second kappa shape index (κ2) is 6.64. The SMILES string of the molecule is NCCc1ccccc1C(=O)Cc1ccc(F)cc1Cl. The van der Waals surface area contributed by atoms with Gasteiger partial charge in [-0.3, -0.25) is 4.79 Å². The summed E-state index contributed by atoms with van der Waals surface area (Å²) in [7, 11) is 0. The Kier molecular flexibility index (Phi) is 4.88. The van der Waals surface area contributed by atoms with Gasteiger partial charge in [-0.15, -0.1) is 0 Å². The van der Waals surface area contributed by atoms with Crippen molar-refractivity contribution in [1.82, 2.24) is 0 Å². The van der Waals surface area contributed by atoms with Crippen molar-refractivity contribution in [3.8, 4) is 0 Å². The Balaban J connectivity index is 2.24. The van der Waals surface area contributed by atoms with Crippen molar-refractivity contribution in [2.75, 3.05) is 6.54 Å². The van der Waals surface area contributed by atoms with E-state index in [4.69, 9.17) is 17.3 Å². The Morgan fingerprint density at radius 2 is 1.90 bits per heavy atom. The van der Waals surface area contributed by atoms with E-state index in [0.717, 1.165) is 5.56 Å². The Morgan fingerprint density at radius 3 is 2.60 bits per heavy atom. The minimum atomic E-state index is -0.408. The van der Waals surface area contributed by atoms with E-state index in [2.05, 4.69) is 0 Å². The lowest BCUT2D eigenvalue weighted by atomic mass is 9.97. The van der Waals surface area contributed by atoms with Crippen LogP contribution in [-0.4, -0.2) is 12.3 Å². The maximum absolute atomic E-state index is 13.0. The predicted molar refractivity (Wildman–Crippen MR) is 78.6 cm³/mol. The molecule has 0 saturated carbocycles. The van der Waals surface area contributed by atoms with Crippen LogP contribution in [0.5, 0.6) is 0 Å². The van der Waals surface area contributed by atoms with Crippen molar-refractivity contribution in [2.45, 2.75) is 12.8 Å². The maximum Gasteiger partial charge on any atom is 0.167 e. The Morgan fingerprint density at radius 1 is 1.15 bits per heavy atom. The molecule has 2 nitrogen and oxygen atoms in total. The fourth-order valence-corrected chi connectivity index (χ4v) is 2.33. The molecule has 0 radical (unpaired) electrons. The van der Waals surface area contributed by atoms with Crippen LogP contribution < -0.4 is 5.73 Å². The van der Waals surface area contributed by atoms with Crippen molar-refractivity contribution in [3.05, 3.63) is 70.0 Å². The maximum atomic E-state index is 13.0. The standard InChI is InChI=1S/C16H15ClFNO/c17-15-10-13(18)6-5-12(15)9-16(20)14-4-2-1-3-11(14)7-8-19/h1-6,10H,7-9,19H2. The zero-order chi connectivity index (χ0) is 14.5. The first-order valence-corrected chi connectivity index (χ1v) is 6.74. The van der Waals surface area contributed by atoms with Crippen molar-refractivity contribution >= 4 is 17.4 Å². The molecule has 0 saturated heterocycles. The van der Waals surface area contributed by atoms with E-state index >= 15 is 0 Å². The third kappa shape index (κ3) is 3.44. The first-order valence-electron chi connectivity index (χ1n) is 6.37. The van der Waals surface area contributed by atoms with Gasteiger partial charge in [0.1, 0.15) is 5.82 Å². The number of carbonyl (C=O) groups is 1. The number of halogens is 2. The van der Waals surface area contributed by atoms with Gasteiger partial charge in [-0.1, -0.05) is 41.9 Å². The van der Waals surface area contributed by atoms with E-state index in [0.29, 0.717) is 24.1 Å². The summed E-state index contributed by atoms with van der Waals surface area (Å²) in [5.74, 6) is -0.447. The quantitative estimate of drug-likeness (QED) is 0.858. The van der Waals surface area contributed by atoms with E-state index in [1.165, 1.54) is 12.1 Å². The largest absolute Gasteiger partial charge is 0.330 e. The first kappa shape index (κ1) is 14.7. The predicted octanol–water partition coefficient (Wildman–Crippen LogP) is 3.41. The lowest BCUT2D eigenvalue weighted by Crippen LogP contribution is -2.11. The van der Waals surface area contributed by atoms with Crippen LogP contribution in [0.1, 0.15) is 21.5 Å². The molecule has 20 heavy (non-hydrogen) atoms. The number of ketones is 1.